The van der Waals surface area contributed by atoms with Crippen LogP contribution in [0.2, 0.25) is 0 Å². The van der Waals surface area contributed by atoms with E-state index in [2.05, 4.69) is 15.3 Å². The second-order valence-electron chi connectivity index (χ2n) is 4.61. The number of hydrogen-bond acceptors (Lipinski definition) is 5. The zero-order valence-corrected chi connectivity index (χ0v) is 11.4. The molecule has 1 aliphatic heterocycles. The van der Waals surface area contributed by atoms with E-state index in [1.54, 1.807) is 12.1 Å². The van der Waals surface area contributed by atoms with Gasteiger partial charge in [0.1, 0.15) is 5.82 Å². The van der Waals surface area contributed by atoms with Crippen molar-refractivity contribution in [2.24, 2.45) is 0 Å². The number of nitrogens with zero attached hydrogens (tertiary/aromatic N) is 2. The molecule has 1 aromatic carbocycles. The molecule has 0 spiro atoms. The molecule has 3 rings (SSSR count). The Bertz CT molecular complexity index is 683. The summed E-state index contributed by atoms with van der Waals surface area (Å²) in [6, 6.07) is 5.47. The summed E-state index contributed by atoms with van der Waals surface area (Å²) in [6.45, 7) is 2.68. The Morgan fingerprint density at radius 1 is 1.40 bits per heavy atom. The number of rotatable bonds is 2. The SMILES string of the molecule is CCc1ncc2c(n1)CNc1cc(C(=O)OC)ccc1-2. The van der Waals surface area contributed by atoms with Crippen LogP contribution in [0.1, 0.15) is 28.8 Å². The summed E-state index contributed by atoms with van der Waals surface area (Å²) in [5.74, 6) is 0.512. The van der Waals surface area contributed by atoms with Gasteiger partial charge in [0.25, 0.3) is 0 Å². The predicted molar refractivity (Wildman–Crippen MR) is 75.5 cm³/mol. The number of benzene rings is 1. The largest absolute Gasteiger partial charge is 0.465 e. The summed E-state index contributed by atoms with van der Waals surface area (Å²) in [4.78, 5) is 20.4. The molecule has 2 aromatic rings. The third kappa shape index (κ3) is 2.01. The van der Waals surface area contributed by atoms with E-state index in [0.29, 0.717) is 12.1 Å². The van der Waals surface area contributed by atoms with Crippen LogP contribution in [0.4, 0.5) is 5.69 Å². The highest BCUT2D eigenvalue weighted by atomic mass is 16.5. The van der Waals surface area contributed by atoms with Crippen molar-refractivity contribution in [2.75, 3.05) is 12.4 Å². The highest BCUT2D eigenvalue weighted by Gasteiger charge is 2.19. The molecule has 1 N–H and O–H groups in total. The van der Waals surface area contributed by atoms with Crippen LogP contribution in [-0.4, -0.2) is 23.0 Å². The fraction of sp³-hybridized carbons (Fsp3) is 0.267. The van der Waals surface area contributed by atoms with Gasteiger partial charge in [-0.15, -0.1) is 0 Å². The van der Waals surface area contributed by atoms with Crippen LogP contribution in [0.25, 0.3) is 11.1 Å². The second-order valence-corrected chi connectivity index (χ2v) is 4.61. The van der Waals surface area contributed by atoms with Crippen LogP contribution in [0, 0.1) is 0 Å². The van der Waals surface area contributed by atoms with Gasteiger partial charge in [-0.05, 0) is 12.1 Å². The summed E-state index contributed by atoms with van der Waals surface area (Å²) < 4.78 is 4.74. The summed E-state index contributed by atoms with van der Waals surface area (Å²) in [7, 11) is 1.38. The van der Waals surface area contributed by atoms with Crippen LogP contribution < -0.4 is 5.32 Å². The van der Waals surface area contributed by atoms with Crippen LogP contribution in [0.15, 0.2) is 24.4 Å². The highest BCUT2D eigenvalue weighted by Crippen LogP contribution is 2.34. The normalized spacial score (nSPS) is 12.1. The Balaban J connectivity index is 2.07. The van der Waals surface area contributed by atoms with Gasteiger partial charge in [0.15, 0.2) is 0 Å². The maximum Gasteiger partial charge on any atom is 0.337 e. The molecule has 1 aliphatic rings. The minimum absolute atomic E-state index is 0.335. The Labute approximate surface area is 117 Å². The van der Waals surface area contributed by atoms with Gasteiger partial charge in [-0.2, -0.15) is 0 Å². The fourth-order valence-corrected chi connectivity index (χ4v) is 2.34. The van der Waals surface area contributed by atoms with Crippen LogP contribution >= 0.6 is 0 Å². The number of carbonyl (C=O) groups excluding carboxylic acids is 1. The zero-order chi connectivity index (χ0) is 14.1. The van der Waals surface area contributed by atoms with Crippen molar-refractivity contribution < 1.29 is 9.53 Å². The lowest BCUT2D eigenvalue weighted by atomic mass is 9.98. The van der Waals surface area contributed by atoms with Gasteiger partial charge in [-0.1, -0.05) is 13.0 Å². The number of aromatic nitrogens is 2. The monoisotopic (exact) mass is 269 g/mol. The number of aryl methyl sites for hydroxylation is 1. The van der Waals surface area contributed by atoms with E-state index in [1.807, 2.05) is 19.2 Å². The first-order valence-electron chi connectivity index (χ1n) is 6.54. The molecule has 0 saturated carbocycles. The van der Waals surface area contributed by atoms with Crippen molar-refractivity contribution in [1.82, 2.24) is 9.97 Å². The lowest BCUT2D eigenvalue weighted by molar-refractivity contribution is 0.0601. The average molecular weight is 269 g/mol. The first kappa shape index (κ1) is 12.6. The molecule has 5 nitrogen and oxygen atoms in total. The molecular formula is C15H15N3O2. The molecule has 0 radical (unpaired) electrons. The second kappa shape index (κ2) is 4.92. The maximum absolute atomic E-state index is 11.6. The van der Waals surface area contributed by atoms with E-state index in [1.165, 1.54) is 7.11 Å². The molecule has 0 amide bonds. The van der Waals surface area contributed by atoms with E-state index in [9.17, 15) is 4.79 Å². The number of fused-ring (bicyclic) bond motifs is 3. The molecule has 2 heterocycles. The lowest BCUT2D eigenvalue weighted by Crippen LogP contribution is -2.13. The molecule has 0 atom stereocenters. The third-order valence-corrected chi connectivity index (χ3v) is 3.41. The number of esters is 1. The lowest BCUT2D eigenvalue weighted by Gasteiger charge is -2.21. The topological polar surface area (TPSA) is 64.1 Å². The summed E-state index contributed by atoms with van der Waals surface area (Å²) in [5.41, 5.74) is 4.48. The van der Waals surface area contributed by atoms with E-state index in [0.717, 1.165) is 34.8 Å². The standard InChI is InChI=1S/C15H15N3O2/c1-3-14-17-7-11-10-5-4-9(15(19)20-2)6-12(10)16-8-13(11)18-14/h4-7,16H,3,8H2,1-2H3. The molecule has 0 aliphatic carbocycles. The number of nitrogens with one attached hydrogen (secondary N) is 1. The van der Waals surface area contributed by atoms with Gasteiger partial charge in [-0.3, -0.25) is 0 Å². The average Bonchev–Trinajstić information content (AvgIpc) is 2.52. The third-order valence-electron chi connectivity index (χ3n) is 3.41. The van der Waals surface area contributed by atoms with E-state index in [-0.39, 0.29) is 5.97 Å². The van der Waals surface area contributed by atoms with Gasteiger partial charge in [0, 0.05) is 29.4 Å². The van der Waals surface area contributed by atoms with Crippen LogP contribution in [0.5, 0.6) is 0 Å². The number of anilines is 1. The predicted octanol–water partition coefficient (Wildman–Crippen LogP) is 2.42. The van der Waals surface area contributed by atoms with Gasteiger partial charge in [-0.25, -0.2) is 14.8 Å². The zero-order valence-electron chi connectivity index (χ0n) is 11.4. The Morgan fingerprint density at radius 2 is 2.25 bits per heavy atom. The summed E-state index contributed by atoms with van der Waals surface area (Å²) in [6.07, 6.45) is 2.68. The van der Waals surface area contributed by atoms with Gasteiger partial charge in [0.05, 0.1) is 24.9 Å². The van der Waals surface area contributed by atoms with Gasteiger partial charge < -0.3 is 10.1 Å². The Morgan fingerprint density at radius 3 is 3.00 bits per heavy atom. The van der Waals surface area contributed by atoms with Crippen molar-refractivity contribution >= 4 is 11.7 Å². The number of ether oxygens (including phenoxy) is 1. The van der Waals surface area contributed by atoms with E-state index < -0.39 is 0 Å². The highest BCUT2D eigenvalue weighted by molar-refractivity contribution is 5.93. The molecule has 0 unspecified atom stereocenters. The first-order chi connectivity index (χ1) is 9.72. The minimum atomic E-state index is -0.335. The van der Waals surface area contributed by atoms with Crippen LogP contribution in [0.3, 0.4) is 0 Å². The smallest absolute Gasteiger partial charge is 0.337 e. The fourth-order valence-electron chi connectivity index (χ4n) is 2.34. The Kier molecular flexibility index (Phi) is 3.10. The number of carbonyl (C=O) groups is 1. The Hall–Kier alpha value is -2.43. The molecular weight excluding hydrogens is 254 g/mol. The van der Waals surface area contributed by atoms with Gasteiger partial charge >= 0.3 is 5.97 Å². The van der Waals surface area contributed by atoms with Crippen molar-refractivity contribution in [3.05, 3.63) is 41.5 Å². The molecule has 20 heavy (non-hydrogen) atoms. The minimum Gasteiger partial charge on any atom is -0.465 e. The van der Waals surface area contributed by atoms with E-state index in [4.69, 9.17) is 4.74 Å². The van der Waals surface area contributed by atoms with Crippen LogP contribution in [-0.2, 0) is 17.7 Å². The summed E-state index contributed by atoms with van der Waals surface area (Å²) >= 11 is 0. The quantitative estimate of drug-likeness (QED) is 0.848. The molecule has 0 fully saturated rings. The van der Waals surface area contributed by atoms with Crippen molar-refractivity contribution in [2.45, 2.75) is 19.9 Å². The molecule has 102 valence electrons. The maximum atomic E-state index is 11.6. The molecule has 1 aromatic heterocycles. The van der Waals surface area contributed by atoms with Crippen molar-refractivity contribution in [1.29, 1.82) is 0 Å². The molecule has 0 bridgehead atoms. The van der Waals surface area contributed by atoms with Gasteiger partial charge in [0.2, 0.25) is 0 Å². The number of methoxy groups -OCH3 is 1. The molecule has 0 saturated heterocycles. The van der Waals surface area contributed by atoms with Crippen molar-refractivity contribution in [3.8, 4) is 11.1 Å². The van der Waals surface area contributed by atoms with E-state index >= 15 is 0 Å². The molecule has 5 heteroatoms. The first-order valence-corrected chi connectivity index (χ1v) is 6.54. The summed E-state index contributed by atoms with van der Waals surface area (Å²) in [5, 5.41) is 3.29. The number of hydrogen-bond donors (Lipinski definition) is 1. The van der Waals surface area contributed by atoms with Crippen molar-refractivity contribution in [3.63, 3.8) is 0 Å².